The molecular weight excluding hydrogens is 763 g/mol. The fraction of sp³-hybridized carbons (Fsp3) is 0.268. The molecule has 4 heterocycles. The van der Waals surface area contributed by atoms with E-state index in [0.717, 1.165) is 31.0 Å². The number of aromatic hydroxyl groups is 1. The monoisotopic (exact) mass is 794 g/mol. The number of hydrogen-bond acceptors (Lipinski definition) is 8. The number of rotatable bonds is 5. The van der Waals surface area contributed by atoms with Crippen LogP contribution in [0.25, 0.3) is 20.7 Å². The second kappa shape index (κ2) is 12.4. The maximum Gasteiger partial charge on any atom is 0.335 e. The molecule has 0 unspecified atom stereocenters. The van der Waals surface area contributed by atoms with Crippen molar-refractivity contribution in [2.45, 2.75) is 32.6 Å². The number of carbonyl (C=O) groups is 5. The predicted molar refractivity (Wildman–Crippen MR) is 207 cm³/mol. The molecule has 14 heteroatoms. The molecule has 6 atom stereocenters. The summed E-state index contributed by atoms with van der Waals surface area (Å²) >= 11 is 14.7. The molecule has 11 nitrogen and oxygen atoms in total. The van der Waals surface area contributed by atoms with Crippen molar-refractivity contribution < 1.29 is 34.2 Å². The maximum absolute atomic E-state index is 15.1. The molecule has 55 heavy (non-hydrogen) atoms. The zero-order valence-electron chi connectivity index (χ0n) is 29.6. The smallest absolute Gasteiger partial charge is 0.335 e. The van der Waals surface area contributed by atoms with Crippen LogP contribution in [0, 0.1) is 36.0 Å². The number of allylic oxidation sites excluding steroid dienone is 2. The first-order chi connectivity index (χ1) is 26.2. The molecule has 9 rings (SSSR count). The van der Waals surface area contributed by atoms with Crippen LogP contribution in [0.15, 0.2) is 78.4 Å². The summed E-state index contributed by atoms with van der Waals surface area (Å²) < 4.78 is 2.54. The van der Waals surface area contributed by atoms with Gasteiger partial charge in [-0.25, -0.2) is 9.69 Å². The summed E-state index contributed by atoms with van der Waals surface area (Å²) in [6.07, 6.45) is 2.21. The number of aromatic carboxylic acids is 1. The quantitative estimate of drug-likeness (QED) is 0.135. The highest BCUT2D eigenvalue weighted by Gasteiger charge is 2.68. The standard InChI is InChI=1S/C41H32Cl2N4O7S/c1-18-26-14-20(42)7-12-31(26)55-35(18)30-17-32(45(3)44-30)47-37(50)28-16-27-23(34(41(28,2)40(47)54)24-9-8-22(48)15-29(24)43)10-11-25-33(27)38(51)46(36(25)49)21-6-4-5-19(13-21)39(52)53/h4-10,12-15,17,25,27-28,33-34,48H,11,16H2,1-3H3,(H,52,53)/t25-,27+,28-,33-,34+,41+/m0/s1. The average molecular weight is 796 g/mol. The molecule has 2 aromatic heterocycles. The van der Waals surface area contributed by atoms with Gasteiger partial charge in [-0.1, -0.05) is 47.0 Å². The number of aromatic nitrogens is 2. The summed E-state index contributed by atoms with van der Waals surface area (Å²) in [5.74, 6) is -6.77. The average Bonchev–Trinajstić information content (AvgIpc) is 3.82. The van der Waals surface area contributed by atoms with E-state index in [0.29, 0.717) is 16.3 Å². The summed E-state index contributed by atoms with van der Waals surface area (Å²) in [6, 6.07) is 17.6. The van der Waals surface area contributed by atoms with Crippen molar-refractivity contribution in [2.75, 3.05) is 9.80 Å². The minimum absolute atomic E-state index is 0.0670. The number of carboxylic acids is 1. The number of anilines is 2. The zero-order chi connectivity index (χ0) is 38.8. The Morgan fingerprint density at radius 1 is 0.945 bits per heavy atom. The van der Waals surface area contributed by atoms with Gasteiger partial charge in [0.25, 0.3) is 0 Å². The van der Waals surface area contributed by atoms with E-state index in [9.17, 15) is 29.4 Å². The van der Waals surface area contributed by atoms with Crippen LogP contribution >= 0.6 is 34.5 Å². The number of benzene rings is 3. The molecule has 5 aromatic rings. The Balaban J connectivity index is 1.15. The second-order valence-electron chi connectivity index (χ2n) is 14.9. The molecule has 1 saturated carbocycles. The Kier molecular flexibility index (Phi) is 7.95. The number of hydrogen-bond donors (Lipinski definition) is 2. The van der Waals surface area contributed by atoms with Crippen molar-refractivity contribution in [3.05, 3.63) is 105 Å². The fourth-order valence-electron chi connectivity index (χ4n) is 9.58. The lowest BCUT2D eigenvalue weighted by atomic mass is 9.51. The molecule has 0 spiro atoms. The van der Waals surface area contributed by atoms with Crippen LogP contribution in [0.3, 0.4) is 0 Å². The van der Waals surface area contributed by atoms with E-state index in [4.69, 9.17) is 28.3 Å². The molecule has 3 fully saturated rings. The maximum atomic E-state index is 15.1. The minimum Gasteiger partial charge on any atom is -0.508 e. The number of imide groups is 2. The first kappa shape index (κ1) is 35.4. The molecule has 3 aromatic carbocycles. The lowest BCUT2D eigenvalue weighted by molar-refractivity contribution is -0.131. The zero-order valence-corrected chi connectivity index (χ0v) is 31.9. The fourth-order valence-corrected chi connectivity index (χ4v) is 11.2. The number of nitrogens with zero attached hydrogens (tertiary/aromatic N) is 4. The highest BCUT2D eigenvalue weighted by molar-refractivity contribution is 7.22. The second-order valence-corrected chi connectivity index (χ2v) is 16.8. The molecule has 4 amide bonds. The van der Waals surface area contributed by atoms with Gasteiger partial charge < -0.3 is 10.2 Å². The van der Waals surface area contributed by atoms with Crippen LogP contribution in [-0.4, -0.2) is 49.6 Å². The third kappa shape index (κ3) is 5.00. The molecule has 2 aliphatic carbocycles. The van der Waals surface area contributed by atoms with E-state index >= 15 is 4.79 Å². The third-order valence-electron chi connectivity index (χ3n) is 12.1. The van der Waals surface area contributed by atoms with Crippen LogP contribution in [0.4, 0.5) is 11.5 Å². The highest BCUT2D eigenvalue weighted by Crippen LogP contribution is 2.64. The van der Waals surface area contributed by atoms with Crippen LogP contribution in [0.1, 0.15) is 47.2 Å². The Hall–Kier alpha value is -5.30. The van der Waals surface area contributed by atoms with E-state index < -0.39 is 64.6 Å². The molecule has 4 aliphatic rings. The normalized spacial score (nSPS) is 26.1. The van der Waals surface area contributed by atoms with Gasteiger partial charge in [-0.2, -0.15) is 5.10 Å². The number of carbonyl (C=O) groups excluding carboxylic acids is 4. The van der Waals surface area contributed by atoms with E-state index in [2.05, 4.69) is 0 Å². The van der Waals surface area contributed by atoms with E-state index in [1.54, 1.807) is 26.1 Å². The van der Waals surface area contributed by atoms with Crippen LogP contribution in [-0.2, 0) is 26.2 Å². The predicted octanol–water partition coefficient (Wildman–Crippen LogP) is 7.76. The van der Waals surface area contributed by atoms with Gasteiger partial charge in [-0.05, 0) is 97.7 Å². The number of aryl methyl sites for hydroxylation is 2. The lowest BCUT2D eigenvalue weighted by Crippen LogP contribution is -2.49. The molecule has 278 valence electrons. The first-order valence-corrected chi connectivity index (χ1v) is 19.3. The number of carboxylic acid groups (broad SMARTS) is 1. The van der Waals surface area contributed by atoms with Crippen LogP contribution < -0.4 is 9.80 Å². The van der Waals surface area contributed by atoms with Crippen molar-refractivity contribution in [2.24, 2.45) is 36.1 Å². The Bertz CT molecular complexity index is 2610. The first-order valence-electron chi connectivity index (χ1n) is 17.7. The number of phenolic OH excluding ortho intramolecular Hbond substituents is 1. The summed E-state index contributed by atoms with van der Waals surface area (Å²) in [4.78, 5) is 73.2. The van der Waals surface area contributed by atoms with E-state index in [-0.39, 0.29) is 40.7 Å². The Morgan fingerprint density at radius 2 is 1.73 bits per heavy atom. The summed E-state index contributed by atoms with van der Waals surface area (Å²) in [5.41, 5.74) is 1.52. The van der Waals surface area contributed by atoms with Gasteiger partial charge in [0.2, 0.25) is 23.6 Å². The summed E-state index contributed by atoms with van der Waals surface area (Å²) in [6.45, 7) is 3.74. The summed E-state index contributed by atoms with van der Waals surface area (Å²) in [5, 5.41) is 26.5. The number of halogens is 2. The highest BCUT2D eigenvalue weighted by atomic mass is 35.5. The van der Waals surface area contributed by atoms with Gasteiger partial charge in [0.05, 0.1) is 39.3 Å². The third-order valence-corrected chi connectivity index (χ3v) is 14.0. The van der Waals surface area contributed by atoms with Gasteiger partial charge in [0.15, 0.2) is 0 Å². The Morgan fingerprint density at radius 3 is 2.47 bits per heavy atom. The molecule has 0 bridgehead atoms. The van der Waals surface area contributed by atoms with Gasteiger partial charge in [0, 0.05) is 33.8 Å². The molecule has 2 aliphatic heterocycles. The van der Waals surface area contributed by atoms with Crippen molar-refractivity contribution in [3.63, 3.8) is 0 Å². The van der Waals surface area contributed by atoms with Crippen molar-refractivity contribution in [1.29, 1.82) is 0 Å². The topological polar surface area (TPSA) is 150 Å². The molecular formula is C41H32Cl2N4O7S. The molecule has 2 N–H and O–H groups in total. The van der Waals surface area contributed by atoms with E-state index in [1.165, 1.54) is 57.3 Å². The van der Waals surface area contributed by atoms with Crippen molar-refractivity contribution in [3.8, 4) is 16.3 Å². The van der Waals surface area contributed by atoms with Gasteiger partial charge >= 0.3 is 5.97 Å². The molecule has 0 radical (unpaired) electrons. The lowest BCUT2D eigenvalue weighted by Gasteiger charge is -2.49. The van der Waals surface area contributed by atoms with Crippen LogP contribution in [0.2, 0.25) is 10.0 Å². The van der Waals surface area contributed by atoms with Gasteiger partial charge in [-0.3, -0.25) is 28.8 Å². The van der Waals surface area contributed by atoms with Crippen molar-refractivity contribution in [1.82, 2.24) is 9.78 Å². The van der Waals surface area contributed by atoms with Crippen LogP contribution in [0.5, 0.6) is 5.75 Å². The summed E-state index contributed by atoms with van der Waals surface area (Å²) in [7, 11) is 1.68. The SMILES string of the molecule is Cc1c(-c2cc(N3C(=O)[C@@H]4C[C@@H]5C(=CC[C@@H]6C(=O)N(c7cccc(C(=O)O)c7)C(=O)[C@@H]65)[C@H](c5ccc(O)cc5Cl)[C@]4(C)C3=O)n(C)n2)sc2ccc(Cl)cc12. The minimum atomic E-state index is -1.37. The van der Waals surface area contributed by atoms with Crippen molar-refractivity contribution >= 4 is 85.7 Å². The number of phenols is 1. The molecule has 2 saturated heterocycles. The number of fused-ring (bicyclic) bond motifs is 5. The number of amides is 4. The largest absolute Gasteiger partial charge is 0.508 e. The van der Waals surface area contributed by atoms with Gasteiger partial charge in [-0.15, -0.1) is 11.3 Å². The Labute approximate surface area is 328 Å². The van der Waals surface area contributed by atoms with E-state index in [1.807, 2.05) is 31.2 Å². The number of thiophene rings is 1. The van der Waals surface area contributed by atoms with Gasteiger partial charge in [0.1, 0.15) is 17.3 Å².